The Hall–Kier alpha value is -1.76. The Bertz CT molecular complexity index is 451. The number of carbonyl (C=O) groups is 2. The maximum Gasteiger partial charge on any atom is 0.340 e. The number of hydrogen-bond donors (Lipinski definition) is 1. The van der Waals surface area contributed by atoms with Gasteiger partial charge in [0.1, 0.15) is 5.03 Å². The molecule has 0 aliphatic rings. The van der Waals surface area contributed by atoms with Crippen LogP contribution >= 0.6 is 11.8 Å². The van der Waals surface area contributed by atoms with E-state index in [1.54, 1.807) is 0 Å². The van der Waals surface area contributed by atoms with Gasteiger partial charge in [-0.05, 0) is 6.07 Å². The molecule has 0 spiro atoms. The van der Waals surface area contributed by atoms with E-state index in [2.05, 4.69) is 14.5 Å². The van der Waals surface area contributed by atoms with Crippen LogP contribution in [-0.4, -0.2) is 36.9 Å². The summed E-state index contributed by atoms with van der Waals surface area (Å²) in [7, 11) is 2.61. The minimum absolute atomic E-state index is 0.255. The number of aromatic nitrogens is 1. The fraction of sp³-hybridized carbons (Fsp3) is 0.364. The number of esters is 2. The van der Waals surface area contributed by atoms with Gasteiger partial charge in [-0.1, -0.05) is 0 Å². The SMILES string of the molecule is COC(=O)CCSc1nccc(C(=O)OC)c1N. The van der Waals surface area contributed by atoms with Crippen LogP contribution in [0, 0.1) is 0 Å². The van der Waals surface area contributed by atoms with Crippen LogP contribution in [0.15, 0.2) is 17.3 Å². The van der Waals surface area contributed by atoms with Crippen molar-refractivity contribution in [1.82, 2.24) is 4.98 Å². The summed E-state index contributed by atoms with van der Waals surface area (Å²) in [5, 5.41) is 0.502. The Labute approximate surface area is 109 Å². The highest BCUT2D eigenvalue weighted by Gasteiger charge is 2.14. The van der Waals surface area contributed by atoms with Crippen LogP contribution in [0.5, 0.6) is 0 Å². The number of nitrogen functional groups attached to an aromatic ring is 1. The van der Waals surface area contributed by atoms with Crippen molar-refractivity contribution in [2.24, 2.45) is 0 Å². The predicted octanol–water partition coefficient (Wildman–Crippen LogP) is 1.11. The zero-order chi connectivity index (χ0) is 13.5. The molecule has 1 rings (SSSR count). The number of rotatable bonds is 5. The number of carbonyl (C=O) groups excluding carboxylic acids is 2. The Balaban J connectivity index is 2.72. The molecule has 1 aromatic rings. The van der Waals surface area contributed by atoms with Crippen LogP contribution in [0.4, 0.5) is 5.69 Å². The van der Waals surface area contributed by atoms with Gasteiger partial charge in [0, 0.05) is 11.9 Å². The molecule has 0 unspecified atom stereocenters. The van der Waals surface area contributed by atoms with Crippen LogP contribution in [0.25, 0.3) is 0 Å². The highest BCUT2D eigenvalue weighted by atomic mass is 32.2. The van der Waals surface area contributed by atoms with Crippen LogP contribution < -0.4 is 5.73 Å². The smallest absolute Gasteiger partial charge is 0.340 e. The number of hydrogen-bond acceptors (Lipinski definition) is 7. The summed E-state index contributed by atoms with van der Waals surface area (Å²) >= 11 is 1.29. The molecule has 0 aliphatic carbocycles. The average molecular weight is 270 g/mol. The minimum Gasteiger partial charge on any atom is -0.469 e. The number of methoxy groups -OCH3 is 2. The molecule has 0 saturated heterocycles. The van der Waals surface area contributed by atoms with Gasteiger partial charge < -0.3 is 15.2 Å². The number of pyridine rings is 1. The highest BCUT2D eigenvalue weighted by molar-refractivity contribution is 7.99. The predicted molar refractivity (Wildman–Crippen MR) is 67.3 cm³/mol. The van der Waals surface area contributed by atoms with Crippen LogP contribution in [0.3, 0.4) is 0 Å². The summed E-state index contributed by atoms with van der Waals surface area (Å²) in [6.07, 6.45) is 1.73. The van der Waals surface area contributed by atoms with Crippen molar-refractivity contribution in [1.29, 1.82) is 0 Å². The number of nitrogens with zero attached hydrogens (tertiary/aromatic N) is 1. The van der Waals surface area contributed by atoms with Gasteiger partial charge in [-0.15, -0.1) is 11.8 Å². The van der Waals surface area contributed by atoms with Gasteiger partial charge in [0.05, 0.1) is 31.9 Å². The normalized spacial score (nSPS) is 9.89. The first-order chi connectivity index (χ1) is 8.60. The van der Waals surface area contributed by atoms with Crippen molar-refractivity contribution in [2.75, 3.05) is 25.7 Å². The number of nitrogens with two attached hydrogens (primary N) is 1. The van der Waals surface area contributed by atoms with Gasteiger partial charge in [0.15, 0.2) is 0 Å². The molecule has 0 aromatic carbocycles. The zero-order valence-electron chi connectivity index (χ0n) is 10.1. The van der Waals surface area contributed by atoms with Crippen LogP contribution in [-0.2, 0) is 14.3 Å². The zero-order valence-corrected chi connectivity index (χ0v) is 11.0. The van der Waals surface area contributed by atoms with E-state index >= 15 is 0 Å². The van der Waals surface area contributed by atoms with E-state index in [9.17, 15) is 9.59 Å². The fourth-order valence-corrected chi connectivity index (χ4v) is 2.05. The fourth-order valence-electron chi connectivity index (χ4n) is 1.19. The molecule has 2 N–H and O–H groups in total. The first-order valence-corrected chi connectivity index (χ1v) is 6.11. The summed E-state index contributed by atoms with van der Waals surface area (Å²) in [4.78, 5) is 26.4. The minimum atomic E-state index is -0.510. The molecule has 0 saturated carbocycles. The van der Waals surface area contributed by atoms with E-state index in [1.807, 2.05) is 0 Å². The molecule has 0 fully saturated rings. The van der Waals surface area contributed by atoms with Crippen LogP contribution in [0.1, 0.15) is 16.8 Å². The first-order valence-electron chi connectivity index (χ1n) is 5.12. The van der Waals surface area contributed by atoms with E-state index in [0.717, 1.165) is 0 Å². The summed E-state index contributed by atoms with van der Waals surface area (Å²) in [5.41, 5.74) is 6.34. The van der Waals surface area contributed by atoms with Crippen molar-refractivity contribution in [3.8, 4) is 0 Å². The summed E-state index contributed by atoms with van der Waals surface area (Å²) in [5.74, 6) is -0.330. The number of ether oxygens (including phenoxy) is 2. The maximum absolute atomic E-state index is 11.4. The monoisotopic (exact) mass is 270 g/mol. The van der Waals surface area contributed by atoms with E-state index in [4.69, 9.17) is 5.73 Å². The quantitative estimate of drug-likeness (QED) is 0.632. The molecule has 0 atom stereocenters. The van der Waals surface area contributed by atoms with E-state index in [1.165, 1.54) is 38.2 Å². The van der Waals surface area contributed by atoms with Gasteiger partial charge in [0.2, 0.25) is 0 Å². The molecule has 0 amide bonds. The third kappa shape index (κ3) is 3.63. The second kappa shape index (κ2) is 6.85. The van der Waals surface area contributed by atoms with Crippen molar-refractivity contribution in [3.63, 3.8) is 0 Å². The first kappa shape index (κ1) is 14.3. The second-order valence-corrected chi connectivity index (χ2v) is 4.33. The molecule has 0 aliphatic heterocycles. The average Bonchev–Trinajstić information content (AvgIpc) is 2.39. The number of thioether (sulfide) groups is 1. The van der Waals surface area contributed by atoms with Crippen molar-refractivity contribution in [2.45, 2.75) is 11.4 Å². The van der Waals surface area contributed by atoms with E-state index in [0.29, 0.717) is 10.8 Å². The molecule has 1 aromatic heterocycles. The van der Waals surface area contributed by atoms with Crippen molar-refractivity contribution >= 4 is 29.4 Å². The molecule has 0 bridgehead atoms. The Morgan fingerprint density at radius 2 is 2.11 bits per heavy atom. The highest BCUT2D eigenvalue weighted by Crippen LogP contribution is 2.26. The van der Waals surface area contributed by atoms with Gasteiger partial charge in [0.25, 0.3) is 0 Å². The molecule has 18 heavy (non-hydrogen) atoms. The third-order valence-electron chi connectivity index (χ3n) is 2.13. The van der Waals surface area contributed by atoms with Gasteiger partial charge in [-0.25, -0.2) is 9.78 Å². The molecule has 1 heterocycles. The van der Waals surface area contributed by atoms with Gasteiger partial charge >= 0.3 is 11.9 Å². The molecular formula is C11H14N2O4S. The largest absolute Gasteiger partial charge is 0.469 e. The van der Waals surface area contributed by atoms with Gasteiger partial charge in [-0.3, -0.25) is 4.79 Å². The Morgan fingerprint density at radius 3 is 2.72 bits per heavy atom. The lowest BCUT2D eigenvalue weighted by Gasteiger charge is -2.07. The lowest BCUT2D eigenvalue weighted by Crippen LogP contribution is -2.08. The topological polar surface area (TPSA) is 91.5 Å². The van der Waals surface area contributed by atoms with E-state index < -0.39 is 5.97 Å². The summed E-state index contributed by atoms with van der Waals surface area (Å²) < 4.78 is 9.12. The molecular weight excluding hydrogens is 256 g/mol. The lowest BCUT2D eigenvalue weighted by molar-refractivity contribution is -0.140. The third-order valence-corrected chi connectivity index (χ3v) is 3.14. The molecule has 0 radical (unpaired) electrons. The number of anilines is 1. The molecule has 7 heteroatoms. The summed E-state index contributed by atoms with van der Waals surface area (Å²) in [6, 6.07) is 1.49. The Kier molecular flexibility index (Phi) is 5.44. The van der Waals surface area contributed by atoms with Gasteiger partial charge in [-0.2, -0.15) is 0 Å². The van der Waals surface area contributed by atoms with Crippen LogP contribution in [0.2, 0.25) is 0 Å². The van der Waals surface area contributed by atoms with Crippen molar-refractivity contribution < 1.29 is 19.1 Å². The standard InChI is InChI=1S/C11H14N2O4S/c1-16-8(14)4-6-18-10-9(12)7(3-5-13-10)11(15)17-2/h3,5H,4,6,12H2,1-2H3. The molecule has 98 valence electrons. The second-order valence-electron chi connectivity index (χ2n) is 3.24. The van der Waals surface area contributed by atoms with Crippen molar-refractivity contribution in [3.05, 3.63) is 17.8 Å². The maximum atomic E-state index is 11.4. The summed E-state index contributed by atoms with van der Waals surface area (Å²) in [6.45, 7) is 0. The Morgan fingerprint density at radius 1 is 1.39 bits per heavy atom. The van der Waals surface area contributed by atoms with E-state index in [-0.39, 0.29) is 23.6 Å². The lowest BCUT2D eigenvalue weighted by atomic mass is 10.2. The molecule has 6 nitrogen and oxygen atoms in total.